The van der Waals surface area contributed by atoms with Crippen molar-refractivity contribution in [1.82, 2.24) is 0 Å². The predicted octanol–water partition coefficient (Wildman–Crippen LogP) is 3.44. The highest BCUT2D eigenvalue weighted by Gasteiger charge is 2.18. The molecule has 0 aliphatic rings. The first-order chi connectivity index (χ1) is 6.18. The predicted molar refractivity (Wildman–Crippen MR) is 55.3 cm³/mol. The quantitative estimate of drug-likeness (QED) is 0.452. The van der Waals surface area contributed by atoms with Crippen molar-refractivity contribution < 1.29 is 13.6 Å². The van der Waals surface area contributed by atoms with Gasteiger partial charge in [0, 0.05) is 13.3 Å². The maximum absolute atomic E-state index is 11.5. The Morgan fingerprint density at radius 3 is 2.31 bits per heavy atom. The summed E-state index contributed by atoms with van der Waals surface area (Å²) in [5.74, 6) is 0. The summed E-state index contributed by atoms with van der Waals surface area (Å²) in [4.78, 5) is 0. The first-order valence-electron chi connectivity index (χ1n) is 4.98. The van der Waals surface area contributed by atoms with Crippen LogP contribution in [0.2, 0.25) is 0 Å². The van der Waals surface area contributed by atoms with E-state index in [1.807, 2.05) is 6.92 Å². The zero-order chi connectivity index (χ0) is 10.2. The van der Waals surface area contributed by atoms with Crippen LogP contribution in [0.25, 0.3) is 0 Å². The molecule has 0 N–H and O–H groups in total. The van der Waals surface area contributed by atoms with Crippen LogP contribution in [0.15, 0.2) is 0 Å². The Hall–Kier alpha value is 0.150. The van der Waals surface area contributed by atoms with E-state index < -0.39 is 7.60 Å². The third kappa shape index (κ3) is 6.25. The monoisotopic (exact) mass is 208 g/mol. The standard InChI is InChI=1S/C9H21O3P/c1-4-6-7-8-9-12-13(10,5-2)11-3/h4-9H2,1-3H3. The molecule has 0 bridgehead atoms. The first kappa shape index (κ1) is 13.2. The normalized spacial score (nSPS) is 15.6. The van der Waals surface area contributed by atoms with E-state index in [-0.39, 0.29) is 0 Å². The van der Waals surface area contributed by atoms with Gasteiger partial charge in [-0.05, 0) is 6.42 Å². The molecule has 3 nitrogen and oxygen atoms in total. The number of hydrogen-bond donors (Lipinski definition) is 0. The lowest BCUT2D eigenvalue weighted by Gasteiger charge is -2.13. The van der Waals surface area contributed by atoms with Crippen molar-refractivity contribution in [3.8, 4) is 0 Å². The topological polar surface area (TPSA) is 35.5 Å². The van der Waals surface area contributed by atoms with Crippen molar-refractivity contribution in [1.29, 1.82) is 0 Å². The van der Waals surface area contributed by atoms with Crippen molar-refractivity contribution >= 4 is 7.60 Å². The molecule has 0 heterocycles. The molecule has 13 heavy (non-hydrogen) atoms. The second-order valence-electron chi connectivity index (χ2n) is 3.00. The molecular weight excluding hydrogens is 187 g/mol. The van der Waals surface area contributed by atoms with Gasteiger partial charge in [0.15, 0.2) is 0 Å². The first-order valence-corrected chi connectivity index (χ1v) is 6.70. The Kier molecular flexibility index (Phi) is 7.63. The molecule has 0 amide bonds. The van der Waals surface area contributed by atoms with Gasteiger partial charge in [0.25, 0.3) is 0 Å². The molecule has 0 rings (SSSR count). The Balaban J connectivity index is 3.45. The van der Waals surface area contributed by atoms with Crippen molar-refractivity contribution in [3.05, 3.63) is 0 Å². The van der Waals surface area contributed by atoms with E-state index in [0.717, 1.165) is 12.8 Å². The summed E-state index contributed by atoms with van der Waals surface area (Å²) in [6.45, 7) is 4.53. The fourth-order valence-corrected chi connectivity index (χ4v) is 1.96. The Labute approximate surface area is 81.3 Å². The number of hydrogen-bond acceptors (Lipinski definition) is 3. The lowest BCUT2D eigenvalue weighted by Crippen LogP contribution is -1.97. The molecule has 0 radical (unpaired) electrons. The lowest BCUT2D eigenvalue weighted by molar-refractivity contribution is 0.230. The summed E-state index contributed by atoms with van der Waals surface area (Å²) in [7, 11) is -1.29. The van der Waals surface area contributed by atoms with Crippen molar-refractivity contribution in [2.45, 2.75) is 39.5 Å². The smallest absolute Gasteiger partial charge is 0.312 e. The van der Waals surface area contributed by atoms with Gasteiger partial charge in [-0.2, -0.15) is 0 Å². The molecule has 0 aromatic rings. The Bertz CT molecular complexity index is 151. The molecule has 0 aliphatic carbocycles. The molecule has 0 saturated carbocycles. The van der Waals surface area contributed by atoms with E-state index in [2.05, 4.69) is 6.92 Å². The van der Waals surface area contributed by atoms with Crippen LogP contribution in [0.1, 0.15) is 39.5 Å². The molecular formula is C9H21O3P. The minimum Gasteiger partial charge on any atom is -0.312 e. The average Bonchev–Trinajstić information content (AvgIpc) is 2.17. The van der Waals surface area contributed by atoms with Gasteiger partial charge in [-0.1, -0.05) is 33.1 Å². The van der Waals surface area contributed by atoms with Crippen LogP contribution in [0.5, 0.6) is 0 Å². The van der Waals surface area contributed by atoms with Gasteiger partial charge < -0.3 is 9.05 Å². The summed E-state index contributed by atoms with van der Waals surface area (Å²) in [6, 6.07) is 0. The molecule has 0 saturated heterocycles. The van der Waals surface area contributed by atoms with Gasteiger partial charge in [-0.15, -0.1) is 0 Å². The largest absolute Gasteiger partial charge is 0.330 e. The number of rotatable bonds is 8. The number of unbranched alkanes of at least 4 members (excludes halogenated alkanes) is 3. The maximum atomic E-state index is 11.5. The zero-order valence-corrected chi connectivity index (χ0v) is 9.81. The van der Waals surface area contributed by atoms with Crippen molar-refractivity contribution in [2.24, 2.45) is 0 Å². The van der Waals surface area contributed by atoms with E-state index in [4.69, 9.17) is 9.05 Å². The van der Waals surface area contributed by atoms with Gasteiger partial charge in [-0.3, -0.25) is 4.57 Å². The van der Waals surface area contributed by atoms with Crippen LogP contribution in [-0.2, 0) is 13.6 Å². The fraction of sp³-hybridized carbons (Fsp3) is 1.00. The molecule has 0 aromatic heterocycles. The van der Waals surface area contributed by atoms with Gasteiger partial charge in [0.1, 0.15) is 0 Å². The molecule has 1 atom stereocenters. The molecule has 0 aromatic carbocycles. The van der Waals surface area contributed by atoms with Gasteiger partial charge in [0.05, 0.1) is 6.61 Å². The molecule has 0 fully saturated rings. The molecule has 0 spiro atoms. The Morgan fingerprint density at radius 1 is 1.15 bits per heavy atom. The molecule has 1 unspecified atom stereocenters. The fourth-order valence-electron chi connectivity index (χ4n) is 1.01. The van der Waals surface area contributed by atoms with Crippen LogP contribution >= 0.6 is 7.60 Å². The molecule has 80 valence electrons. The van der Waals surface area contributed by atoms with E-state index in [0.29, 0.717) is 12.8 Å². The summed E-state index contributed by atoms with van der Waals surface area (Å²) < 4.78 is 21.6. The van der Waals surface area contributed by atoms with E-state index in [1.54, 1.807) is 0 Å². The van der Waals surface area contributed by atoms with Gasteiger partial charge in [0.2, 0.25) is 0 Å². The third-order valence-electron chi connectivity index (χ3n) is 1.95. The van der Waals surface area contributed by atoms with E-state index in [9.17, 15) is 4.57 Å². The SMILES string of the molecule is CCCCCCOP(=O)(CC)OC. The van der Waals surface area contributed by atoms with Crippen molar-refractivity contribution in [2.75, 3.05) is 19.9 Å². The van der Waals surface area contributed by atoms with Crippen LogP contribution in [0, 0.1) is 0 Å². The Morgan fingerprint density at radius 2 is 1.85 bits per heavy atom. The van der Waals surface area contributed by atoms with Crippen LogP contribution in [0.3, 0.4) is 0 Å². The highest BCUT2D eigenvalue weighted by Crippen LogP contribution is 2.46. The van der Waals surface area contributed by atoms with Crippen LogP contribution < -0.4 is 0 Å². The summed E-state index contributed by atoms with van der Waals surface area (Å²) in [6.07, 6.45) is 4.99. The highest BCUT2D eigenvalue weighted by atomic mass is 31.2. The summed E-state index contributed by atoms with van der Waals surface area (Å²) in [5.41, 5.74) is 0. The zero-order valence-electron chi connectivity index (χ0n) is 8.91. The van der Waals surface area contributed by atoms with E-state index >= 15 is 0 Å². The van der Waals surface area contributed by atoms with Crippen molar-refractivity contribution in [3.63, 3.8) is 0 Å². The van der Waals surface area contributed by atoms with E-state index in [1.165, 1.54) is 20.0 Å². The summed E-state index contributed by atoms with van der Waals surface area (Å²) in [5, 5.41) is 0. The minimum atomic E-state index is -2.73. The molecule has 0 aliphatic heterocycles. The lowest BCUT2D eigenvalue weighted by atomic mass is 10.2. The second-order valence-corrected chi connectivity index (χ2v) is 5.48. The molecule has 4 heteroatoms. The highest BCUT2D eigenvalue weighted by molar-refractivity contribution is 7.53. The average molecular weight is 208 g/mol. The van der Waals surface area contributed by atoms with Crippen LogP contribution in [0.4, 0.5) is 0 Å². The third-order valence-corrected chi connectivity index (χ3v) is 3.86. The summed E-state index contributed by atoms with van der Waals surface area (Å²) >= 11 is 0. The maximum Gasteiger partial charge on any atom is 0.330 e. The second kappa shape index (κ2) is 7.54. The van der Waals surface area contributed by atoms with Gasteiger partial charge >= 0.3 is 7.60 Å². The van der Waals surface area contributed by atoms with Gasteiger partial charge in [-0.25, -0.2) is 0 Å². The van der Waals surface area contributed by atoms with Crippen LogP contribution in [-0.4, -0.2) is 19.9 Å². The minimum absolute atomic E-state index is 0.456.